The van der Waals surface area contributed by atoms with Crippen LogP contribution >= 0.6 is 0 Å². The van der Waals surface area contributed by atoms with Crippen molar-refractivity contribution in [3.8, 4) is 5.75 Å². The number of methoxy groups -OCH3 is 1. The molecule has 5 nitrogen and oxygen atoms in total. The van der Waals surface area contributed by atoms with Crippen LogP contribution in [0, 0.1) is 0 Å². The zero-order valence-corrected chi connectivity index (χ0v) is 17.6. The lowest BCUT2D eigenvalue weighted by atomic mass is 9.87. The summed E-state index contributed by atoms with van der Waals surface area (Å²) in [6.07, 6.45) is 3.35. The van der Waals surface area contributed by atoms with Crippen LogP contribution in [0.25, 0.3) is 0 Å². The third-order valence-corrected chi connectivity index (χ3v) is 6.50. The number of hydrogen-bond donors (Lipinski definition) is 1. The molecule has 1 saturated heterocycles. The minimum Gasteiger partial charge on any atom is -0.495 e. The number of para-hydroxylation sites is 2. The fraction of sp³-hybridized carbons (Fsp3) is 0.458. The van der Waals surface area contributed by atoms with Crippen LogP contribution in [0.1, 0.15) is 30.0 Å². The molecule has 2 aliphatic rings. The number of rotatable bonds is 5. The highest BCUT2D eigenvalue weighted by Gasteiger charge is 2.30. The number of amides is 1. The number of aryl methyl sites for hydroxylation is 1. The summed E-state index contributed by atoms with van der Waals surface area (Å²) in [6.45, 7) is 4.41. The van der Waals surface area contributed by atoms with E-state index < -0.39 is 0 Å². The first-order valence-electron chi connectivity index (χ1n) is 10.7. The summed E-state index contributed by atoms with van der Waals surface area (Å²) in [5.74, 6) is 1.18. The average Bonchev–Trinajstić information content (AvgIpc) is 2.78. The van der Waals surface area contributed by atoms with E-state index in [0.29, 0.717) is 6.54 Å². The van der Waals surface area contributed by atoms with Gasteiger partial charge in [-0.05, 0) is 42.5 Å². The molecular weight excluding hydrogens is 362 g/mol. The zero-order valence-electron chi connectivity index (χ0n) is 17.6. The molecule has 1 amide bonds. The number of fused-ring (bicyclic) bond motifs is 1. The summed E-state index contributed by atoms with van der Waals surface area (Å²) in [6, 6.07) is 17.0. The van der Waals surface area contributed by atoms with Crippen molar-refractivity contribution in [2.24, 2.45) is 0 Å². The first-order chi connectivity index (χ1) is 14.2. The van der Waals surface area contributed by atoms with E-state index in [1.807, 2.05) is 24.1 Å². The van der Waals surface area contributed by atoms with Gasteiger partial charge in [0.05, 0.1) is 45.0 Å². The van der Waals surface area contributed by atoms with Crippen LogP contribution in [0.4, 0.5) is 5.69 Å². The molecule has 0 spiro atoms. The van der Waals surface area contributed by atoms with Gasteiger partial charge in [0.25, 0.3) is 5.91 Å². The smallest absolute Gasteiger partial charge is 0.278 e. The summed E-state index contributed by atoms with van der Waals surface area (Å²) in [5.41, 5.74) is 3.89. The van der Waals surface area contributed by atoms with Crippen molar-refractivity contribution in [2.75, 3.05) is 51.8 Å². The number of hydrogen-bond acceptors (Lipinski definition) is 3. The Hall–Kier alpha value is -2.53. The second-order valence-electron chi connectivity index (χ2n) is 8.20. The van der Waals surface area contributed by atoms with Gasteiger partial charge in [0, 0.05) is 7.05 Å². The van der Waals surface area contributed by atoms with Crippen LogP contribution in [-0.4, -0.2) is 57.7 Å². The predicted octanol–water partition coefficient (Wildman–Crippen LogP) is 1.94. The van der Waals surface area contributed by atoms with Crippen LogP contribution in [-0.2, 0) is 11.2 Å². The van der Waals surface area contributed by atoms with Crippen LogP contribution in [0.2, 0.25) is 0 Å². The number of likely N-dealkylation sites (N-methyl/N-ethyl adjacent to an activating group) is 1. The molecule has 0 unspecified atom stereocenters. The minimum atomic E-state index is 0.224. The van der Waals surface area contributed by atoms with Gasteiger partial charge < -0.3 is 19.4 Å². The third-order valence-electron chi connectivity index (χ3n) is 6.50. The number of piperazine rings is 1. The van der Waals surface area contributed by atoms with E-state index in [2.05, 4.69) is 41.3 Å². The normalized spacial score (nSPS) is 19.5. The van der Waals surface area contributed by atoms with Gasteiger partial charge in [-0.25, -0.2) is 0 Å². The Morgan fingerprint density at radius 3 is 2.66 bits per heavy atom. The molecule has 2 aromatic rings. The van der Waals surface area contributed by atoms with Gasteiger partial charge >= 0.3 is 0 Å². The number of quaternary nitrogens is 1. The van der Waals surface area contributed by atoms with Crippen molar-refractivity contribution >= 4 is 11.6 Å². The maximum atomic E-state index is 13.0. The number of carbonyl (C=O) groups excluding carboxylic acids is 1. The topological polar surface area (TPSA) is 37.2 Å². The molecule has 1 atom stereocenters. The molecule has 1 aliphatic carbocycles. The van der Waals surface area contributed by atoms with Gasteiger partial charge in [0.1, 0.15) is 5.75 Å². The maximum absolute atomic E-state index is 13.0. The van der Waals surface area contributed by atoms with Crippen molar-refractivity contribution in [1.82, 2.24) is 4.90 Å². The predicted molar refractivity (Wildman–Crippen MR) is 116 cm³/mol. The average molecular weight is 395 g/mol. The van der Waals surface area contributed by atoms with E-state index in [-0.39, 0.29) is 11.9 Å². The SMILES string of the molecule is COc1ccccc1N1CC[NH+](CC(=O)N(C)[C@H]2CCCc3ccccc32)CC1. The Morgan fingerprint density at radius 2 is 1.86 bits per heavy atom. The first kappa shape index (κ1) is 19.8. The molecule has 1 fully saturated rings. The molecule has 29 heavy (non-hydrogen) atoms. The van der Waals surface area contributed by atoms with Gasteiger partial charge in [-0.3, -0.25) is 4.79 Å². The first-order valence-corrected chi connectivity index (χ1v) is 10.7. The molecule has 0 saturated carbocycles. The Kier molecular flexibility index (Phi) is 6.05. The minimum absolute atomic E-state index is 0.224. The summed E-state index contributed by atoms with van der Waals surface area (Å²) in [7, 11) is 3.71. The number of anilines is 1. The summed E-state index contributed by atoms with van der Waals surface area (Å²) in [4.78, 5) is 18.8. The fourth-order valence-corrected chi connectivity index (χ4v) is 4.77. The van der Waals surface area contributed by atoms with Crippen LogP contribution in [0.3, 0.4) is 0 Å². The third kappa shape index (κ3) is 4.25. The molecule has 4 rings (SSSR count). The molecule has 1 aliphatic heterocycles. The Labute approximate surface area is 173 Å². The molecule has 154 valence electrons. The van der Waals surface area contributed by atoms with E-state index in [1.54, 1.807) is 7.11 Å². The molecule has 2 aromatic carbocycles. The van der Waals surface area contributed by atoms with Crippen LogP contribution < -0.4 is 14.5 Å². The molecule has 1 N–H and O–H groups in total. The van der Waals surface area contributed by atoms with Crippen LogP contribution in [0.5, 0.6) is 5.75 Å². The number of ether oxygens (including phenoxy) is 1. The Balaban J connectivity index is 1.34. The van der Waals surface area contributed by atoms with Gasteiger partial charge in [-0.1, -0.05) is 36.4 Å². The zero-order chi connectivity index (χ0) is 20.2. The lowest BCUT2D eigenvalue weighted by Crippen LogP contribution is -3.15. The second kappa shape index (κ2) is 8.87. The monoisotopic (exact) mass is 394 g/mol. The van der Waals surface area contributed by atoms with Gasteiger partial charge in [0.15, 0.2) is 6.54 Å². The largest absolute Gasteiger partial charge is 0.495 e. The number of benzene rings is 2. The second-order valence-corrected chi connectivity index (χ2v) is 8.20. The van der Waals surface area contributed by atoms with Crippen molar-refractivity contribution < 1.29 is 14.4 Å². The lowest BCUT2D eigenvalue weighted by molar-refractivity contribution is -0.892. The molecule has 0 aromatic heterocycles. The van der Waals surface area contributed by atoms with Gasteiger partial charge in [-0.2, -0.15) is 0 Å². The summed E-state index contributed by atoms with van der Waals surface area (Å²) < 4.78 is 5.51. The van der Waals surface area contributed by atoms with E-state index in [1.165, 1.54) is 16.0 Å². The van der Waals surface area contributed by atoms with Crippen molar-refractivity contribution in [2.45, 2.75) is 25.3 Å². The van der Waals surface area contributed by atoms with E-state index in [9.17, 15) is 4.79 Å². The number of nitrogens with zero attached hydrogens (tertiary/aromatic N) is 2. The van der Waals surface area contributed by atoms with E-state index >= 15 is 0 Å². The van der Waals surface area contributed by atoms with E-state index in [0.717, 1.165) is 56.9 Å². The molecule has 5 heteroatoms. The molecular formula is C24H32N3O2+. The summed E-state index contributed by atoms with van der Waals surface area (Å²) >= 11 is 0. The van der Waals surface area contributed by atoms with Crippen molar-refractivity contribution in [1.29, 1.82) is 0 Å². The van der Waals surface area contributed by atoms with Gasteiger partial charge in [-0.15, -0.1) is 0 Å². The highest BCUT2D eigenvalue weighted by Crippen LogP contribution is 2.33. The van der Waals surface area contributed by atoms with Crippen LogP contribution in [0.15, 0.2) is 48.5 Å². The quantitative estimate of drug-likeness (QED) is 0.842. The maximum Gasteiger partial charge on any atom is 0.278 e. The van der Waals surface area contributed by atoms with Crippen molar-refractivity contribution in [3.05, 3.63) is 59.7 Å². The highest BCUT2D eigenvalue weighted by atomic mass is 16.5. The molecule has 0 radical (unpaired) electrons. The van der Waals surface area contributed by atoms with Gasteiger partial charge in [0.2, 0.25) is 0 Å². The Morgan fingerprint density at radius 1 is 1.14 bits per heavy atom. The number of carbonyl (C=O) groups is 1. The summed E-state index contributed by atoms with van der Waals surface area (Å²) in [5, 5.41) is 0. The molecule has 0 bridgehead atoms. The van der Waals surface area contributed by atoms with E-state index in [4.69, 9.17) is 4.74 Å². The molecule has 1 heterocycles. The standard InChI is InChI=1S/C24H31N3O2/c1-25(21-12-7-9-19-8-3-4-10-20(19)21)24(28)18-26-14-16-27(17-15-26)22-11-5-6-13-23(22)29-2/h3-6,8,10-11,13,21H,7,9,12,14-18H2,1-2H3/p+1/t21-/m0/s1. The lowest BCUT2D eigenvalue weighted by Gasteiger charge is -2.36. The highest BCUT2D eigenvalue weighted by molar-refractivity contribution is 5.77. The Bertz CT molecular complexity index is 846. The van der Waals surface area contributed by atoms with Crippen molar-refractivity contribution in [3.63, 3.8) is 0 Å². The number of nitrogens with one attached hydrogen (secondary N) is 1. The fourth-order valence-electron chi connectivity index (χ4n) is 4.77.